The average molecular weight is 374 g/mol. The Bertz CT molecular complexity index is 1130. The van der Waals surface area contributed by atoms with Crippen molar-refractivity contribution in [2.45, 2.75) is 6.54 Å². The Morgan fingerprint density at radius 2 is 1.86 bits per heavy atom. The van der Waals surface area contributed by atoms with Crippen LogP contribution in [0.25, 0.3) is 10.9 Å². The van der Waals surface area contributed by atoms with Crippen LogP contribution in [0.2, 0.25) is 0 Å². The first-order valence-electron chi connectivity index (χ1n) is 8.99. The number of hydrogen-bond acceptors (Lipinski definition) is 6. The predicted octanol–water partition coefficient (Wildman–Crippen LogP) is 1.01. The molecule has 0 aliphatic carbocycles. The summed E-state index contributed by atoms with van der Waals surface area (Å²) in [5.74, 6) is 0.521. The van der Waals surface area contributed by atoms with Crippen molar-refractivity contribution in [3.63, 3.8) is 0 Å². The van der Waals surface area contributed by atoms with Crippen molar-refractivity contribution < 1.29 is 4.79 Å². The second-order valence-electron chi connectivity index (χ2n) is 6.55. The summed E-state index contributed by atoms with van der Waals surface area (Å²) in [7, 11) is 0. The van der Waals surface area contributed by atoms with Crippen LogP contribution in [-0.2, 0) is 11.3 Å². The third-order valence-corrected chi connectivity index (χ3v) is 4.88. The molecule has 0 spiro atoms. The fourth-order valence-electron chi connectivity index (χ4n) is 3.37. The number of para-hydroxylation sites is 1. The zero-order valence-corrected chi connectivity index (χ0v) is 15.2. The number of amides is 1. The van der Waals surface area contributed by atoms with Crippen LogP contribution in [0.4, 0.5) is 5.82 Å². The van der Waals surface area contributed by atoms with Crippen LogP contribution in [0, 0.1) is 11.3 Å². The van der Waals surface area contributed by atoms with E-state index < -0.39 is 0 Å². The van der Waals surface area contributed by atoms with Crippen LogP contribution >= 0.6 is 0 Å². The van der Waals surface area contributed by atoms with Crippen LogP contribution in [0.3, 0.4) is 0 Å². The number of piperazine rings is 1. The van der Waals surface area contributed by atoms with Crippen molar-refractivity contribution in [3.05, 3.63) is 64.8 Å². The van der Waals surface area contributed by atoms with E-state index in [1.165, 1.54) is 10.9 Å². The summed E-state index contributed by atoms with van der Waals surface area (Å²) in [5, 5.41) is 9.74. The summed E-state index contributed by atoms with van der Waals surface area (Å²) in [4.78, 5) is 37.5. The molecule has 1 amide bonds. The molecule has 8 heteroatoms. The third kappa shape index (κ3) is 3.30. The van der Waals surface area contributed by atoms with E-state index in [4.69, 9.17) is 0 Å². The number of anilines is 1. The van der Waals surface area contributed by atoms with Gasteiger partial charge in [0.2, 0.25) is 5.91 Å². The van der Waals surface area contributed by atoms with E-state index in [1.54, 1.807) is 41.4 Å². The number of rotatable bonds is 3. The van der Waals surface area contributed by atoms with E-state index in [-0.39, 0.29) is 18.0 Å². The standard InChI is InChI=1S/C20H18N6O2/c21-12-15-4-3-7-22-19(15)25-10-8-24(9-11-25)18(27)13-26-14-23-17-6-2-1-5-16(17)20(26)28/h1-7,14H,8-11,13H2. The Labute approximate surface area is 161 Å². The maximum atomic E-state index is 12.7. The van der Waals surface area contributed by atoms with E-state index in [9.17, 15) is 14.9 Å². The summed E-state index contributed by atoms with van der Waals surface area (Å²) in [6.07, 6.45) is 3.08. The van der Waals surface area contributed by atoms with Crippen molar-refractivity contribution >= 4 is 22.6 Å². The summed E-state index contributed by atoms with van der Waals surface area (Å²) in [5.41, 5.74) is 0.925. The average Bonchev–Trinajstić information content (AvgIpc) is 2.76. The SMILES string of the molecule is N#Cc1cccnc1N1CCN(C(=O)Cn2cnc3ccccc3c2=O)CC1. The van der Waals surface area contributed by atoms with Gasteiger partial charge in [-0.3, -0.25) is 14.2 Å². The summed E-state index contributed by atoms with van der Waals surface area (Å²) < 4.78 is 1.35. The number of carbonyl (C=O) groups excluding carboxylic acids is 1. The number of aromatic nitrogens is 3. The van der Waals surface area contributed by atoms with E-state index in [0.717, 1.165) is 0 Å². The second kappa shape index (κ2) is 7.48. The van der Waals surface area contributed by atoms with Gasteiger partial charge in [-0.15, -0.1) is 0 Å². The van der Waals surface area contributed by atoms with Crippen LogP contribution in [0.15, 0.2) is 53.7 Å². The number of pyridine rings is 1. The van der Waals surface area contributed by atoms with Gasteiger partial charge in [-0.25, -0.2) is 9.97 Å². The maximum absolute atomic E-state index is 12.7. The van der Waals surface area contributed by atoms with Crippen molar-refractivity contribution in [1.29, 1.82) is 5.26 Å². The minimum atomic E-state index is -0.218. The lowest BCUT2D eigenvalue weighted by Gasteiger charge is -2.35. The van der Waals surface area contributed by atoms with Crippen LogP contribution in [0.1, 0.15) is 5.56 Å². The van der Waals surface area contributed by atoms with Crippen molar-refractivity contribution in [1.82, 2.24) is 19.4 Å². The Morgan fingerprint density at radius 3 is 2.64 bits per heavy atom. The number of hydrogen-bond donors (Lipinski definition) is 0. The quantitative estimate of drug-likeness (QED) is 0.679. The van der Waals surface area contributed by atoms with E-state index in [2.05, 4.69) is 16.0 Å². The number of benzene rings is 1. The Balaban J connectivity index is 1.44. The molecule has 0 radical (unpaired) electrons. The highest BCUT2D eigenvalue weighted by molar-refractivity contribution is 5.79. The molecule has 0 unspecified atom stereocenters. The molecule has 0 saturated carbocycles. The number of carbonyl (C=O) groups is 1. The molecule has 1 aromatic carbocycles. The molecular formula is C20H18N6O2. The number of nitriles is 1. The number of nitrogens with zero attached hydrogens (tertiary/aromatic N) is 6. The smallest absolute Gasteiger partial charge is 0.261 e. The normalized spacial score (nSPS) is 14.1. The molecule has 0 N–H and O–H groups in total. The Morgan fingerprint density at radius 1 is 1.07 bits per heavy atom. The molecule has 3 heterocycles. The van der Waals surface area contributed by atoms with Crippen molar-refractivity contribution in [2.75, 3.05) is 31.1 Å². The lowest BCUT2D eigenvalue weighted by Crippen LogP contribution is -2.50. The van der Waals surface area contributed by atoms with Crippen molar-refractivity contribution in [2.24, 2.45) is 0 Å². The molecule has 1 saturated heterocycles. The maximum Gasteiger partial charge on any atom is 0.261 e. The van der Waals surface area contributed by atoms with Gasteiger partial charge in [-0.2, -0.15) is 5.26 Å². The van der Waals surface area contributed by atoms with Gasteiger partial charge in [0.15, 0.2) is 0 Å². The molecule has 3 aromatic rings. The lowest BCUT2D eigenvalue weighted by atomic mass is 10.2. The predicted molar refractivity (Wildman–Crippen MR) is 104 cm³/mol. The fraction of sp³-hybridized carbons (Fsp3) is 0.250. The van der Waals surface area contributed by atoms with Crippen molar-refractivity contribution in [3.8, 4) is 6.07 Å². The van der Waals surface area contributed by atoms with Gasteiger partial charge in [0, 0.05) is 32.4 Å². The lowest BCUT2D eigenvalue weighted by molar-refractivity contribution is -0.132. The van der Waals surface area contributed by atoms with E-state index in [0.29, 0.717) is 48.5 Å². The third-order valence-electron chi connectivity index (χ3n) is 4.88. The zero-order chi connectivity index (χ0) is 19.5. The molecule has 28 heavy (non-hydrogen) atoms. The first kappa shape index (κ1) is 17.7. The topological polar surface area (TPSA) is 95.1 Å². The number of fused-ring (bicyclic) bond motifs is 1. The largest absolute Gasteiger partial charge is 0.352 e. The highest BCUT2D eigenvalue weighted by Crippen LogP contribution is 2.18. The minimum absolute atomic E-state index is 0.0380. The van der Waals surface area contributed by atoms with Crippen LogP contribution in [0.5, 0.6) is 0 Å². The van der Waals surface area contributed by atoms with Gasteiger partial charge in [0.1, 0.15) is 18.4 Å². The Kier molecular flexibility index (Phi) is 4.72. The molecule has 4 rings (SSSR count). The first-order chi connectivity index (χ1) is 13.7. The van der Waals surface area contributed by atoms with Gasteiger partial charge in [-0.1, -0.05) is 12.1 Å². The second-order valence-corrected chi connectivity index (χ2v) is 6.55. The molecule has 140 valence electrons. The molecule has 1 aliphatic rings. The minimum Gasteiger partial charge on any atom is -0.352 e. The monoisotopic (exact) mass is 374 g/mol. The first-order valence-corrected chi connectivity index (χ1v) is 8.99. The fourth-order valence-corrected chi connectivity index (χ4v) is 3.37. The highest BCUT2D eigenvalue weighted by Gasteiger charge is 2.23. The van der Waals surface area contributed by atoms with E-state index in [1.807, 2.05) is 11.0 Å². The molecule has 2 aromatic heterocycles. The summed E-state index contributed by atoms with van der Waals surface area (Å²) in [6.45, 7) is 2.15. The molecule has 8 nitrogen and oxygen atoms in total. The van der Waals surface area contributed by atoms with Crippen LogP contribution in [-0.4, -0.2) is 51.5 Å². The zero-order valence-electron chi connectivity index (χ0n) is 15.2. The Hall–Kier alpha value is -3.73. The summed E-state index contributed by atoms with van der Waals surface area (Å²) >= 11 is 0. The van der Waals surface area contributed by atoms with Gasteiger partial charge < -0.3 is 9.80 Å². The molecule has 0 bridgehead atoms. The van der Waals surface area contributed by atoms with Crippen LogP contribution < -0.4 is 10.5 Å². The molecule has 0 atom stereocenters. The van der Waals surface area contributed by atoms with Gasteiger partial charge >= 0.3 is 0 Å². The molecule has 1 aliphatic heterocycles. The van der Waals surface area contributed by atoms with Gasteiger partial charge in [0.05, 0.1) is 22.8 Å². The van der Waals surface area contributed by atoms with E-state index >= 15 is 0 Å². The highest BCUT2D eigenvalue weighted by atomic mass is 16.2. The van der Waals surface area contributed by atoms with Gasteiger partial charge in [0.25, 0.3) is 5.56 Å². The summed E-state index contributed by atoms with van der Waals surface area (Å²) in [6, 6.07) is 12.7. The van der Waals surface area contributed by atoms with Gasteiger partial charge in [-0.05, 0) is 24.3 Å². The molecule has 1 fully saturated rings. The molecular weight excluding hydrogens is 356 g/mol.